The summed E-state index contributed by atoms with van der Waals surface area (Å²) in [6.07, 6.45) is 1.30. The van der Waals surface area contributed by atoms with Crippen LogP contribution in [0.5, 0.6) is 0 Å². The second-order valence-electron chi connectivity index (χ2n) is 4.14. The Morgan fingerprint density at radius 1 is 1.45 bits per heavy atom. The van der Waals surface area contributed by atoms with Crippen LogP contribution >= 0.6 is 0 Å². The Morgan fingerprint density at radius 2 is 2.15 bits per heavy atom. The number of hydrogen-bond acceptors (Lipinski definition) is 5. The molecule has 0 aliphatic rings. The number of aromatic carboxylic acids is 1. The molecule has 2 aromatic rings. The lowest BCUT2D eigenvalue weighted by Crippen LogP contribution is -2.09. The van der Waals surface area contributed by atoms with Crippen molar-refractivity contribution in [2.45, 2.75) is 17.6 Å². The zero-order valence-corrected chi connectivity index (χ0v) is 11.1. The zero-order valence-electron chi connectivity index (χ0n) is 10.3. The molecule has 0 bridgehead atoms. The van der Waals surface area contributed by atoms with Crippen molar-refractivity contribution in [3.05, 3.63) is 47.1 Å². The molecular weight excluding hydrogens is 289 g/mol. The molecule has 1 N–H and O–H groups in total. The second kappa shape index (κ2) is 5.04. The van der Waals surface area contributed by atoms with E-state index in [1.54, 1.807) is 0 Å². The fourth-order valence-electron chi connectivity index (χ4n) is 1.66. The lowest BCUT2D eigenvalue weighted by Gasteiger charge is -2.07. The quantitative estimate of drug-likeness (QED) is 0.864. The largest absolute Gasteiger partial charge is 0.478 e. The molecule has 1 aromatic heterocycles. The highest BCUT2D eigenvalue weighted by molar-refractivity contribution is 7.90. The summed E-state index contributed by atoms with van der Waals surface area (Å²) in [5, 5.41) is 12.3. The number of rotatable bonds is 4. The fourth-order valence-corrected chi connectivity index (χ4v) is 3.00. The first kappa shape index (κ1) is 14.2. The topological polar surface area (TPSA) is 97.5 Å². The molecule has 0 radical (unpaired) electrons. The number of aryl methyl sites for hydroxylation is 1. The average molecular weight is 299 g/mol. The molecule has 0 spiro atoms. The van der Waals surface area contributed by atoms with Crippen LogP contribution in [0.2, 0.25) is 0 Å². The Kier molecular flexibility index (Phi) is 3.58. The summed E-state index contributed by atoms with van der Waals surface area (Å²) < 4.78 is 42.6. The van der Waals surface area contributed by atoms with Gasteiger partial charge in [-0.25, -0.2) is 17.6 Å². The predicted octanol–water partition coefficient (Wildman–Crippen LogP) is 1.79. The van der Waals surface area contributed by atoms with E-state index < -0.39 is 32.9 Å². The van der Waals surface area contributed by atoms with Crippen LogP contribution in [0.4, 0.5) is 4.39 Å². The van der Waals surface area contributed by atoms with Gasteiger partial charge in [0.2, 0.25) is 0 Å². The van der Waals surface area contributed by atoms with E-state index in [9.17, 15) is 17.6 Å². The third-order valence-electron chi connectivity index (χ3n) is 2.64. The number of carbonyl (C=O) groups is 1. The zero-order chi connectivity index (χ0) is 14.9. The van der Waals surface area contributed by atoms with Crippen LogP contribution in [0.25, 0.3) is 0 Å². The van der Waals surface area contributed by atoms with E-state index in [2.05, 4.69) is 5.16 Å². The highest BCUT2D eigenvalue weighted by Gasteiger charge is 2.22. The van der Waals surface area contributed by atoms with Crippen molar-refractivity contribution in [2.75, 3.05) is 0 Å². The van der Waals surface area contributed by atoms with Gasteiger partial charge in [-0.3, -0.25) is 0 Å². The van der Waals surface area contributed by atoms with Gasteiger partial charge in [-0.2, -0.15) is 0 Å². The fraction of sp³-hybridized carbons (Fsp3) is 0.167. The van der Waals surface area contributed by atoms with Gasteiger partial charge in [-0.15, -0.1) is 0 Å². The lowest BCUT2D eigenvalue weighted by atomic mass is 10.1. The highest BCUT2D eigenvalue weighted by Crippen LogP contribution is 2.22. The molecule has 0 saturated heterocycles. The monoisotopic (exact) mass is 299 g/mol. The Hall–Kier alpha value is -2.22. The van der Waals surface area contributed by atoms with Crippen molar-refractivity contribution < 1.29 is 27.2 Å². The molecule has 20 heavy (non-hydrogen) atoms. The Bertz CT molecular complexity index is 752. The Morgan fingerprint density at radius 3 is 2.70 bits per heavy atom. The molecule has 0 saturated carbocycles. The van der Waals surface area contributed by atoms with Crippen LogP contribution in [-0.2, 0) is 15.6 Å². The number of carboxylic acid groups (broad SMARTS) is 1. The maximum atomic E-state index is 13.6. The summed E-state index contributed by atoms with van der Waals surface area (Å²) in [7, 11) is -3.84. The first-order valence-electron chi connectivity index (χ1n) is 5.47. The third kappa shape index (κ3) is 2.69. The SMILES string of the molecule is Cc1cc(S(=O)(=O)Cc2ccno2)cc(C(=O)O)c1F. The van der Waals surface area contributed by atoms with Crippen LogP contribution < -0.4 is 0 Å². The number of benzene rings is 1. The minimum atomic E-state index is -3.84. The van der Waals surface area contributed by atoms with Gasteiger partial charge in [0.1, 0.15) is 11.6 Å². The normalized spacial score (nSPS) is 11.5. The molecular formula is C12H10FNO5S. The number of sulfone groups is 1. The van der Waals surface area contributed by atoms with Crippen molar-refractivity contribution in [2.24, 2.45) is 0 Å². The van der Waals surface area contributed by atoms with E-state index in [1.165, 1.54) is 19.2 Å². The summed E-state index contributed by atoms with van der Waals surface area (Å²) in [4.78, 5) is 10.6. The molecule has 1 heterocycles. The van der Waals surface area contributed by atoms with Crippen molar-refractivity contribution in [3.8, 4) is 0 Å². The smallest absolute Gasteiger partial charge is 0.338 e. The Labute approximate surface area is 113 Å². The van der Waals surface area contributed by atoms with Crippen LogP contribution in [-0.4, -0.2) is 24.7 Å². The van der Waals surface area contributed by atoms with Crippen LogP contribution in [0.1, 0.15) is 21.7 Å². The van der Waals surface area contributed by atoms with E-state index >= 15 is 0 Å². The molecule has 106 valence electrons. The van der Waals surface area contributed by atoms with Gasteiger partial charge in [0, 0.05) is 6.07 Å². The summed E-state index contributed by atoms with van der Waals surface area (Å²) in [5.41, 5.74) is -0.734. The van der Waals surface area contributed by atoms with Gasteiger partial charge in [0.05, 0.1) is 16.7 Å². The van der Waals surface area contributed by atoms with Crippen molar-refractivity contribution in [1.29, 1.82) is 0 Å². The molecule has 0 fully saturated rings. The van der Waals surface area contributed by atoms with Crippen LogP contribution in [0.15, 0.2) is 33.8 Å². The van der Waals surface area contributed by atoms with E-state index in [0.717, 1.165) is 12.1 Å². The van der Waals surface area contributed by atoms with Crippen molar-refractivity contribution in [3.63, 3.8) is 0 Å². The Balaban J connectivity index is 2.49. The lowest BCUT2D eigenvalue weighted by molar-refractivity contribution is 0.0691. The minimum Gasteiger partial charge on any atom is -0.478 e. The standard InChI is InChI=1S/C12H10FNO5S/c1-7-4-9(5-10(11(7)13)12(15)16)20(17,18)6-8-2-3-14-19-8/h2-5H,6H2,1H3,(H,15,16). The van der Waals surface area contributed by atoms with E-state index in [0.29, 0.717) is 0 Å². The summed E-state index contributed by atoms with van der Waals surface area (Å²) in [6, 6.07) is 3.27. The number of nitrogens with zero attached hydrogens (tertiary/aromatic N) is 1. The number of halogens is 1. The van der Waals surface area contributed by atoms with E-state index in [1.807, 2.05) is 0 Å². The van der Waals surface area contributed by atoms with Crippen molar-refractivity contribution >= 4 is 15.8 Å². The maximum absolute atomic E-state index is 13.6. The highest BCUT2D eigenvalue weighted by atomic mass is 32.2. The first-order chi connectivity index (χ1) is 9.31. The van der Waals surface area contributed by atoms with E-state index in [-0.39, 0.29) is 16.2 Å². The number of hydrogen-bond donors (Lipinski definition) is 1. The van der Waals surface area contributed by atoms with Crippen LogP contribution in [0, 0.1) is 12.7 Å². The predicted molar refractivity (Wildman–Crippen MR) is 65.5 cm³/mol. The van der Waals surface area contributed by atoms with Gasteiger partial charge in [0.25, 0.3) is 0 Å². The van der Waals surface area contributed by atoms with E-state index in [4.69, 9.17) is 9.63 Å². The van der Waals surface area contributed by atoms with Crippen molar-refractivity contribution in [1.82, 2.24) is 5.16 Å². The molecule has 0 aliphatic heterocycles. The molecule has 0 atom stereocenters. The van der Waals surface area contributed by atoms with Crippen LogP contribution in [0.3, 0.4) is 0 Å². The average Bonchev–Trinajstić information content (AvgIpc) is 2.83. The molecule has 6 nitrogen and oxygen atoms in total. The maximum Gasteiger partial charge on any atom is 0.338 e. The van der Waals surface area contributed by atoms with Gasteiger partial charge in [-0.05, 0) is 24.6 Å². The van der Waals surface area contributed by atoms with Gasteiger partial charge in [-0.1, -0.05) is 5.16 Å². The summed E-state index contributed by atoms with van der Waals surface area (Å²) >= 11 is 0. The number of aromatic nitrogens is 1. The molecule has 0 aliphatic carbocycles. The second-order valence-corrected chi connectivity index (χ2v) is 6.13. The molecule has 0 unspecified atom stereocenters. The molecule has 2 rings (SSSR count). The van der Waals surface area contributed by atoms with Gasteiger partial charge in [0.15, 0.2) is 15.6 Å². The minimum absolute atomic E-state index is 0.0546. The number of carboxylic acids is 1. The molecule has 8 heteroatoms. The third-order valence-corrected chi connectivity index (χ3v) is 4.26. The van der Waals surface area contributed by atoms with Gasteiger partial charge < -0.3 is 9.63 Å². The molecule has 0 amide bonds. The first-order valence-corrected chi connectivity index (χ1v) is 7.12. The summed E-state index contributed by atoms with van der Waals surface area (Å²) in [6.45, 7) is 1.30. The summed E-state index contributed by atoms with van der Waals surface area (Å²) in [5.74, 6) is -2.83. The molecule has 1 aromatic carbocycles. The van der Waals surface area contributed by atoms with Gasteiger partial charge >= 0.3 is 5.97 Å².